The van der Waals surface area contributed by atoms with Gasteiger partial charge < -0.3 is 54.0 Å². The summed E-state index contributed by atoms with van der Waals surface area (Å²) in [5.41, 5.74) is 23.8. The fourth-order valence-corrected chi connectivity index (χ4v) is 5.13. The molecular weight excluding hydrogens is 598 g/mol. The first-order valence-electron chi connectivity index (χ1n) is 15.4. The van der Waals surface area contributed by atoms with Crippen LogP contribution in [0.2, 0.25) is 0 Å². The number of aliphatic carboxylic acids is 1. The number of hydrogen-bond acceptors (Lipinski definition) is 9. The number of likely N-dealkylation sites (tertiary alicyclic amines) is 1. The number of carbonyl (C=O) groups is 5. The number of amides is 4. The van der Waals surface area contributed by atoms with E-state index in [-0.39, 0.29) is 50.7 Å². The van der Waals surface area contributed by atoms with Crippen molar-refractivity contribution in [1.82, 2.24) is 20.9 Å². The molecular formula is C30H49N9O7. The summed E-state index contributed by atoms with van der Waals surface area (Å²) in [5, 5.41) is 27.0. The number of aliphatic imine (C=N–C) groups is 1. The molecule has 1 aliphatic rings. The second kappa shape index (κ2) is 17.9. The molecule has 16 heteroatoms. The Balaban J connectivity index is 2.25. The van der Waals surface area contributed by atoms with E-state index < -0.39 is 65.9 Å². The molecule has 1 aromatic rings. The number of benzene rings is 1. The largest absolute Gasteiger partial charge is 0.480 e. The van der Waals surface area contributed by atoms with Gasteiger partial charge in [-0.1, -0.05) is 26.0 Å². The quantitative estimate of drug-likeness (QED) is 0.0391. The minimum Gasteiger partial charge on any atom is -0.480 e. The second-order valence-electron chi connectivity index (χ2n) is 12.0. The number of guanidine groups is 1. The molecule has 0 spiro atoms. The van der Waals surface area contributed by atoms with E-state index in [2.05, 4.69) is 20.9 Å². The Morgan fingerprint density at radius 1 is 1.00 bits per heavy atom. The molecule has 13 N–H and O–H groups in total. The van der Waals surface area contributed by atoms with E-state index in [1.807, 2.05) is 13.8 Å². The van der Waals surface area contributed by atoms with Crippen LogP contribution >= 0.6 is 0 Å². The number of nitrogens with zero attached hydrogens (tertiary/aromatic N) is 2. The highest BCUT2D eigenvalue weighted by Crippen LogP contribution is 2.21. The van der Waals surface area contributed by atoms with Crippen molar-refractivity contribution < 1.29 is 34.2 Å². The Kier molecular flexibility index (Phi) is 14.7. The van der Waals surface area contributed by atoms with E-state index in [4.69, 9.17) is 22.9 Å². The first-order chi connectivity index (χ1) is 21.6. The summed E-state index contributed by atoms with van der Waals surface area (Å²) in [4.78, 5) is 70.4. The molecule has 2 rings (SSSR count). The van der Waals surface area contributed by atoms with Crippen molar-refractivity contribution in [2.45, 2.75) is 95.6 Å². The van der Waals surface area contributed by atoms with Crippen LogP contribution in [-0.4, -0.2) is 100 Å². The molecule has 1 fully saturated rings. The third-order valence-electron chi connectivity index (χ3n) is 7.56. The van der Waals surface area contributed by atoms with Gasteiger partial charge in [0.1, 0.15) is 18.1 Å². The summed E-state index contributed by atoms with van der Waals surface area (Å²) in [6.07, 6.45) is 0.391. The number of aliphatic hydroxyl groups is 1. The van der Waals surface area contributed by atoms with Gasteiger partial charge in [0, 0.05) is 25.2 Å². The lowest BCUT2D eigenvalue weighted by Crippen LogP contribution is -2.59. The lowest BCUT2D eigenvalue weighted by Gasteiger charge is -2.31. The smallest absolute Gasteiger partial charge is 0.328 e. The van der Waals surface area contributed by atoms with Crippen LogP contribution in [0, 0.1) is 5.92 Å². The predicted octanol–water partition coefficient (Wildman–Crippen LogP) is -1.85. The summed E-state index contributed by atoms with van der Waals surface area (Å²) >= 11 is 0. The van der Waals surface area contributed by atoms with Crippen molar-refractivity contribution in [3.63, 3.8) is 0 Å². The SMILES string of the molecule is CC(C)C[C@H](NC(=O)[C@H](Cc1ccc(N)cc1)NC(=O)[C@@H](N)CCCN=C(N)N)C(=O)N1CCC[C@H]1C(=O)N[C@H](C(=O)O)[C@@H](C)O. The number of carboxylic acid groups (broad SMARTS) is 1. The maximum atomic E-state index is 13.8. The van der Waals surface area contributed by atoms with Crippen LogP contribution < -0.4 is 38.9 Å². The molecule has 256 valence electrons. The summed E-state index contributed by atoms with van der Waals surface area (Å²) in [7, 11) is 0. The lowest BCUT2D eigenvalue weighted by molar-refractivity contribution is -0.147. The van der Waals surface area contributed by atoms with Crippen molar-refractivity contribution in [2.75, 3.05) is 18.8 Å². The molecule has 16 nitrogen and oxygen atoms in total. The van der Waals surface area contributed by atoms with Gasteiger partial charge in [0.05, 0.1) is 12.1 Å². The lowest BCUT2D eigenvalue weighted by atomic mass is 9.99. The molecule has 4 amide bonds. The first kappa shape index (κ1) is 37.7. The highest BCUT2D eigenvalue weighted by molar-refractivity contribution is 5.96. The summed E-state index contributed by atoms with van der Waals surface area (Å²) in [6.45, 7) is 5.48. The number of nitrogen functional groups attached to an aromatic ring is 1. The number of hydrogen-bond donors (Lipinski definition) is 9. The maximum Gasteiger partial charge on any atom is 0.328 e. The number of rotatable bonds is 17. The Morgan fingerprint density at radius 3 is 2.20 bits per heavy atom. The van der Waals surface area contributed by atoms with Crippen LogP contribution in [0.15, 0.2) is 29.3 Å². The van der Waals surface area contributed by atoms with Crippen LogP contribution in [0.1, 0.15) is 58.4 Å². The number of carboxylic acids is 1. The minimum atomic E-state index is -1.55. The fraction of sp³-hybridized carbons (Fsp3) is 0.600. The van der Waals surface area contributed by atoms with Gasteiger partial charge in [-0.05, 0) is 62.6 Å². The number of carbonyl (C=O) groups excluding carboxylic acids is 4. The monoisotopic (exact) mass is 647 g/mol. The molecule has 0 unspecified atom stereocenters. The number of nitrogens with one attached hydrogen (secondary N) is 3. The predicted molar refractivity (Wildman–Crippen MR) is 172 cm³/mol. The van der Waals surface area contributed by atoms with Gasteiger partial charge in [0.2, 0.25) is 23.6 Å². The maximum absolute atomic E-state index is 13.8. The number of aliphatic hydroxyl groups excluding tert-OH is 1. The van der Waals surface area contributed by atoms with Gasteiger partial charge in [-0.3, -0.25) is 24.2 Å². The number of nitrogens with two attached hydrogens (primary N) is 4. The normalized spacial score (nSPS) is 17.7. The fourth-order valence-electron chi connectivity index (χ4n) is 5.13. The minimum absolute atomic E-state index is 0.0421. The van der Waals surface area contributed by atoms with Gasteiger partial charge in [0.15, 0.2) is 12.0 Å². The van der Waals surface area contributed by atoms with Crippen molar-refractivity contribution >= 4 is 41.2 Å². The molecule has 1 aliphatic heterocycles. The average molecular weight is 648 g/mol. The highest BCUT2D eigenvalue weighted by Gasteiger charge is 2.40. The van der Waals surface area contributed by atoms with E-state index >= 15 is 0 Å². The summed E-state index contributed by atoms with van der Waals surface area (Å²) in [6, 6.07) is 1.12. The molecule has 1 saturated heterocycles. The summed E-state index contributed by atoms with van der Waals surface area (Å²) in [5.74, 6) is -3.96. The van der Waals surface area contributed by atoms with Gasteiger partial charge >= 0.3 is 5.97 Å². The third kappa shape index (κ3) is 11.8. The molecule has 1 aromatic carbocycles. The van der Waals surface area contributed by atoms with Gasteiger partial charge in [0.25, 0.3) is 0 Å². The Labute approximate surface area is 268 Å². The van der Waals surface area contributed by atoms with Crippen LogP contribution in [0.5, 0.6) is 0 Å². The molecule has 0 radical (unpaired) electrons. The molecule has 6 atom stereocenters. The zero-order valence-electron chi connectivity index (χ0n) is 26.6. The Bertz CT molecular complexity index is 1240. The zero-order chi connectivity index (χ0) is 34.6. The summed E-state index contributed by atoms with van der Waals surface area (Å²) < 4.78 is 0. The van der Waals surface area contributed by atoms with Crippen LogP contribution in [0.3, 0.4) is 0 Å². The van der Waals surface area contributed by atoms with Crippen molar-refractivity contribution in [1.29, 1.82) is 0 Å². The second-order valence-corrected chi connectivity index (χ2v) is 12.0. The zero-order valence-corrected chi connectivity index (χ0v) is 26.6. The topological polar surface area (TPSA) is 282 Å². The molecule has 0 aromatic heterocycles. The van der Waals surface area contributed by atoms with Gasteiger partial charge in [-0.25, -0.2) is 4.79 Å². The molecule has 1 heterocycles. The van der Waals surface area contributed by atoms with Gasteiger partial charge in [-0.2, -0.15) is 0 Å². The van der Waals surface area contributed by atoms with Crippen molar-refractivity contribution in [2.24, 2.45) is 28.1 Å². The highest BCUT2D eigenvalue weighted by atomic mass is 16.4. The molecule has 0 aliphatic carbocycles. The van der Waals surface area contributed by atoms with Crippen LogP contribution in [0.25, 0.3) is 0 Å². The Hall–Kier alpha value is -4.44. The van der Waals surface area contributed by atoms with E-state index in [9.17, 15) is 34.2 Å². The van der Waals surface area contributed by atoms with Crippen LogP contribution in [-0.2, 0) is 30.4 Å². The van der Waals surface area contributed by atoms with Crippen molar-refractivity contribution in [3.8, 4) is 0 Å². The first-order valence-corrected chi connectivity index (χ1v) is 15.4. The molecule has 46 heavy (non-hydrogen) atoms. The van der Waals surface area contributed by atoms with Crippen LogP contribution in [0.4, 0.5) is 5.69 Å². The average Bonchev–Trinajstić information content (AvgIpc) is 3.47. The molecule has 0 saturated carbocycles. The third-order valence-corrected chi connectivity index (χ3v) is 7.56. The number of anilines is 1. The standard InChI is InChI=1S/C30H49N9O7/c1-16(2)14-22(28(44)39-13-5-7-23(39)27(43)38-24(17(3)40)29(45)46)37-26(42)21(15-18-8-10-19(31)11-9-18)36-25(41)20(32)6-4-12-35-30(33)34/h8-11,16-17,20-24,40H,4-7,12-15,31-32H2,1-3H3,(H,36,41)(H,37,42)(H,38,43)(H,45,46)(H4,33,34,35)/t17-,20+,21+,22+,23+,24+/m1/s1. The molecule has 0 bridgehead atoms. The van der Waals surface area contributed by atoms with Crippen molar-refractivity contribution in [3.05, 3.63) is 29.8 Å². The van der Waals surface area contributed by atoms with E-state index in [1.54, 1.807) is 24.3 Å². The van der Waals surface area contributed by atoms with E-state index in [0.29, 0.717) is 24.1 Å². The Morgan fingerprint density at radius 2 is 1.63 bits per heavy atom. The van der Waals surface area contributed by atoms with Gasteiger partial charge in [-0.15, -0.1) is 0 Å². The van der Waals surface area contributed by atoms with E-state index in [1.165, 1.54) is 11.8 Å². The van der Waals surface area contributed by atoms with E-state index in [0.717, 1.165) is 0 Å².